The quantitative estimate of drug-likeness (QED) is 0.434. The van der Waals surface area contributed by atoms with Crippen molar-refractivity contribution in [1.29, 1.82) is 5.41 Å². The summed E-state index contributed by atoms with van der Waals surface area (Å²) in [5.74, 6) is 0. The average molecular weight is 397 g/mol. The molecule has 0 amide bonds. The maximum absolute atomic E-state index is 8.42. The molecule has 0 aromatic heterocycles. The molecule has 1 nitrogen and oxygen atoms in total. The largest absolute Gasteiger partial charge is 0.300 e. The predicted molar refractivity (Wildman–Crippen MR) is 102 cm³/mol. The van der Waals surface area contributed by atoms with Crippen molar-refractivity contribution >= 4 is 28.3 Å². The minimum Gasteiger partial charge on any atom is -0.300 e. The summed E-state index contributed by atoms with van der Waals surface area (Å²) in [5, 5.41) is 8.42. The zero-order valence-electron chi connectivity index (χ0n) is 12.3. The van der Waals surface area contributed by atoms with Crippen molar-refractivity contribution in [1.82, 2.24) is 0 Å². The fourth-order valence-electron chi connectivity index (χ4n) is 2.47. The molecular formula is C20H16IN. The Kier molecular flexibility index (Phi) is 4.39. The first-order valence-electron chi connectivity index (χ1n) is 7.16. The molecule has 0 bridgehead atoms. The highest BCUT2D eigenvalue weighted by Gasteiger charge is 2.08. The van der Waals surface area contributed by atoms with E-state index in [1.54, 1.807) is 0 Å². The highest BCUT2D eigenvalue weighted by molar-refractivity contribution is 14.1. The molecule has 0 saturated carbocycles. The highest BCUT2D eigenvalue weighted by atomic mass is 127. The summed E-state index contributed by atoms with van der Waals surface area (Å²) in [4.78, 5) is 0. The van der Waals surface area contributed by atoms with Crippen LogP contribution in [0.1, 0.15) is 16.7 Å². The van der Waals surface area contributed by atoms with E-state index in [1.807, 2.05) is 36.4 Å². The minimum absolute atomic E-state index is 0.570. The van der Waals surface area contributed by atoms with Crippen LogP contribution in [0.15, 0.2) is 72.8 Å². The number of benzene rings is 3. The molecule has 0 heterocycles. The van der Waals surface area contributed by atoms with E-state index in [0.29, 0.717) is 5.71 Å². The Morgan fingerprint density at radius 2 is 1.55 bits per heavy atom. The molecule has 3 rings (SSSR count). The predicted octanol–water partition coefficient (Wildman–Crippen LogP) is 5.68. The van der Waals surface area contributed by atoms with Gasteiger partial charge in [-0.1, -0.05) is 72.3 Å². The summed E-state index contributed by atoms with van der Waals surface area (Å²) < 4.78 is 1.10. The molecule has 0 aliphatic carbocycles. The summed E-state index contributed by atoms with van der Waals surface area (Å²) >= 11 is 2.28. The number of nitrogens with one attached hydrogen (secondary N) is 1. The van der Waals surface area contributed by atoms with Crippen LogP contribution in [0.5, 0.6) is 0 Å². The number of aryl methyl sites for hydroxylation is 1. The summed E-state index contributed by atoms with van der Waals surface area (Å²) in [6.45, 7) is 2.10. The first-order valence-corrected chi connectivity index (χ1v) is 8.24. The third kappa shape index (κ3) is 3.12. The van der Waals surface area contributed by atoms with Crippen LogP contribution in [0, 0.1) is 15.9 Å². The van der Waals surface area contributed by atoms with Crippen molar-refractivity contribution < 1.29 is 0 Å². The molecule has 108 valence electrons. The fraction of sp³-hybridized carbons (Fsp3) is 0.0500. The maximum atomic E-state index is 8.42. The lowest BCUT2D eigenvalue weighted by Gasteiger charge is -2.08. The molecule has 1 N–H and O–H groups in total. The van der Waals surface area contributed by atoms with Gasteiger partial charge in [-0.3, -0.25) is 5.41 Å². The number of halogens is 1. The third-order valence-corrected chi connectivity index (χ3v) is 4.61. The molecule has 0 aliphatic rings. The van der Waals surface area contributed by atoms with Crippen LogP contribution in [-0.2, 0) is 0 Å². The Morgan fingerprint density at radius 3 is 2.23 bits per heavy atom. The summed E-state index contributed by atoms with van der Waals surface area (Å²) in [6, 6.07) is 24.7. The van der Waals surface area contributed by atoms with E-state index < -0.39 is 0 Å². The fourth-order valence-corrected chi connectivity index (χ4v) is 3.13. The van der Waals surface area contributed by atoms with Gasteiger partial charge in [0.15, 0.2) is 0 Å². The third-order valence-electron chi connectivity index (χ3n) is 3.67. The van der Waals surface area contributed by atoms with Gasteiger partial charge in [-0.05, 0) is 46.7 Å². The topological polar surface area (TPSA) is 23.9 Å². The SMILES string of the molecule is Cc1cccc(-c2ccc(C(=N)c3ccccc3I)cc2)c1. The molecule has 0 atom stereocenters. The second-order valence-electron chi connectivity index (χ2n) is 5.30. The van der Waals surface area contributed by atoms with Gasteiger partial charge in [-0.25, -0.2) is 0 Å². The van der Waals surface area contributed by atoms with E-state index in [2.05, 4.69) is 65.9 Å². The van der Waals surface area contributed by atoms with Gasteiger partial charge >= 0.3 is 0 Å². The van der Waals surface area contributed by atoms with Crippen LogP contribution >= 0.6 is 22.6 Å². The number of hydrogen-bond donors (Lipinski definition) is 1. The molecule has 0 fully saturated rings. The molecule has 3 aromatic carbocycles. The second kappa shape index (κ2) is 6.44. The van der Waals surface area contributed by atoms with Crippen LogP contribution < -0.4 is 0 Å². The van der Waals surface area contributed by atoms with Crippen molar-refractivity contribution in [2.45, 2.75) is 6.92 Å². The van der Waals surface area contributed by atoms with Gasteiger partial charge in [0, 0.05) is 14.7 Å². The van der Waals surface area contributed by atoms with Crippen molar-refractivity contribution in [3.8, 4) is 11.1 Å². The summed E-state index contributed by atoms with van der Waals surface area (Å²) in [6.07, 6.45) is 0. The van der Waals surface area contributed by atoms with Crippen molar-refractivity contribution in [3.05, 3.63) is 93.1 Å². The smallest absolute Gasteiger partial charge is 0.0695 e. The van der Waals surface area contributed by atoms with Crippen LogP contribution in [0.2, 0.25) is 0 Å². The van der Waals surface area contributed by atoms with Gasteiger partial charge in [0.05, 0.1) is 5.71 Å². The molecule has 22 heavy (non-hydrogen) atoms. The Morgan fingerprint density at radius 1 is 0.818 bits per heavy atom. The van der Waals surface area contributed by atoms with Gasteiger partial charge in [-0.15, -0.1) is 0 Å². The van der Waals surface area contributed by atoms with Crippen molar-refractivity contribution in [2.75, 3.05) is 0 Å². The zero-order valence-corrected chi connectivity index (χ0v) is 14.5. The van der Waals surface area contributed by atoms with Crippen molar-refractivity contribution in [2.24, 2.45) is 0 Å². The monoisotopic (exact) mass is 397 g/mol. The lowest BCUT2D eigenvalue weighted by atomic mass is 9.98. The Hall–Kier alpha value is -1.94. The van der Waals surface area contributed by atoms with Gasteiger partial charge in [-0.2, -0.15) is 0 Å². The number of rotatable bonds is 3. The molecule has 0 aliphatic heterocycles. The van der Waals surface area contributed by atoms with E-state index in [4.69, 9.17) is 5.41 Å². The molecular weight excluding hydrogens is 381 g/mol. The molecule has 0 unspecified atom stereocenters. The normalized spacial score (nSPS) is 10.5. The lowest BCUT2D eigenvalue weighted by Crippen LogP contribution is -2.03. The summed E-state index contributed by atoms with van der Waals surface area (Å²) in [7, 11) is 0. The minimum atomic E-state index is 0.570. The average Bonchev–Trinajstić information content (AvgIpc) is 2.55. The first kappa shape index (κ1) is 15.0. The molecule has 2 heteroatoms. The van der Waals surface area contributed by atoms with Gasteiger partial charge in [0.25, 0.3) is 0 Å². The first-order chi connectivity index (χ1) is 10.6. The lowest BCUT2D eigenvalue weighted by molar-refractivity contribution is 1.43. The second-order valence-corrected chi connectivity index (χ2v) is 6.46. The molecule has 0 radical (unpaired) electrons. The number of hydrogen-bond acceptors (Lipinski definition) is 1. The van der Waals surface area contributed by atoms with E-state index >= 15 is 0 Å². The van der Waals surface area contributed by atoms with Crippen LogP contribution in [0.4, 0.5) is 0 Å². The van der Waals surface area contributed by atoms with Crippen LogP contribution in [0.25, 0.3) is 11.1 Å². The molecule has 3 aromatic rings. The standard InChI is InChI=1S/C20H16IN/c1-14-5-4-6-17(13-14)15-9-11-16(12-10-15)20(22)18-7-2-3-8-19(18)21/h2-13,22H,1H3. The Bertz CT molecular complexity index is 819. The zero-order chi connectivity index (χ0) is 15.5. The van der Waals surface area contributed by atoms with Crippen LogP contribution in [-0.4, -0.2) is 5.71 Å². The van der Waals surface area contributed by atoms with Gasteiger partial charge in [0.1, 0.15) is 0 Å². The summed E-state index contributed by atoms with van der Waals surface area (Å²) in [5.41, 5.74) is 6.15. The van der Waals surface area contributed by atoms with E-state index in [1.165, 1.54) is 16.7 Å². The molecule has 0 spiro atoms. The Labute approximate surface area is 144 Å². The Balaban J connectivity index is 1.92. The maximum Gasteiger partial charge on any atom is 0.0695 e. The van der Waals surface area contributed by atoms with Crippen LogP contribution in [0.3, 0.4) is 0 Å². The van der Waals surface area contributed by atoms with Crippen molar-refractivity contribution in [3.63, 3.8) is 0 Å². The van der Waals surface area contributed by atoms with Gasteiger partial charge < -0.3 is 0 Å². The van der Waals surface area contributed by atoms with E-state index in [0.717, 1.165) is 14.7 Å². The van der Waals surface area contributed by atoms with E-state index in [9.17, 15) is 0 Å². The highest BCUT2D eigenvalue weighted by Crippen LogP contribution is 2.22. The molecule has 0 saturated heterocycles. The van der Waals surface area contributed by atoms with E-state index in [-0.39, 0.29) is 0 Å². The van der Waals surface area contributed by atoms with Gasteiger partial charge in [0.2, 0.25) is 0 Å².